The van der Waals surface area contributed by atoms with Gasteiger partial charge in [0.05, 0.1) is 0 Å². The first-order valence-electron chi connectivity index (χ1n) is 6.10. The quantitative estimate of drug-likeness (QED) is 0.813. The predicted molar refractivity (Wildman–Crippen MR) is 63.5 cm³/mol. The van der Waals surface area contributed by atoms with Gasteiger partial charge in [-0.2, -0.15) is 5.10 Å². The van der Waals surface area contributed by atoms with Gasteiger partial charge in [-0.1, -0.05) is 0 Å². The standard InChI is InChI=1S/C12H19N3O2/c1-15-11(6-7-13-15)12(17)14-10-4-2-9(8-16)3-5-10/h6-7,9-10,16H,2-5,8H2,1H3,(H,14,17). The van der Waals surface area contributed by atoms with Crippen molar-refractivity contribution in [2.75, 3.05) is 6.61 Å². The van der Waals surface area contributed by atoms with E-state index < -0.39 is 0 Å². The molecule has 2 N–H and O–H groups in total. The number of aryl methyl sites for hydroxylation is 1. The number of carbonyl (C=O) groups excluding carboxylic acids is 1. The van der Waals surface area contributed by atoms with Crippen molar-refractivity contribution in [3.8, 4) is 0 Å². The summed E-state index contributed by atoms with van der Waals surface area (Å²) in [5, 5.41) is 16.1. The van der Waals surface area contributed by atoms with E-state index in [9.17, 15) is 4.79 Å². The average Bonchev–Trinajstić information content (AvgIpc) is 2.76. The SMILES string of the molecule is Cn1nccc1C(=O)NC1CCC(CO)CC1. The van der Waals surface area contributed by atoms with Gasteiger partial charge in [0.25, 0.3) is 5.91 Å². The van der Waals surface area contributed by atoms with Crippen LogP contribution in [0.1, 0.15) is 36.2 Å². The van der Waals surface area contributed by atoms with Crippen molar-refractivity contribution in [3.05, 3.63) is 18.0 Å². The minimum absolute atomic E-state index is 0.0579. The van der Waals surface area contributed by atoms with Gasteiger partial charge in [0.15, 0.2) is 0 Å². The van der Waals surface area contributed by atoms with E-state index in [0.717, 1.165) is 25.7 Å². The fourth-order valence-electron chi connectivity index (χ4n) is 2.35. The topological polar surface area (TPSA) is 67.2 Å². The van der Waals surface area contributed by atoms with Crippen LogP contribution in [0.5, 0.6) is 0 Å². The van der Waals surface area contributed by atoms with Crippen LogP contribution in [-0.2, 0) is 7.05 Å². The molecule has 17 heavy (non-hydrogen) atoms. The molecule has 1 aliphatic rings. The molecular weight excluding hydrogens is 218 g/mol. The van der Waals surface area contributed by atoms with Crippen LogP contribution < -0.4 is 5.32 Å². The van der Waals surface area contributed by atoms with Crippen LogP contribution in [0.15, 0.2) is 12.3 Å². The Balaban J connectivity index is 1.86. The molecule has 1 amide bonds. The number of aromatic nitrogens is 2. The number of hydrogen-bond acceptors (Lipinski definition) is 3. The highest BCUT2D eigenvalue weighted by molar-refractivity contribution is 5.92. The monoisotopic (exact) mass is 237 g/mol. The largest absolute Gasteiger partial charge is 0.396 e. The number of aliphatic hydroxyl groups is 1. The summed E-state index contributed by atoms with van der Waals surface area (Å²) in [6, 6.07) is 1.95. The maximum absolute atomic E-state index is 11.9. The lowest BCUT2D eigenvalue weighted by Gasteiger charge is -2.27. The second kappa shape index (κ2) is 5.31. The molecule has 0 saturated heterocycles. The number of nitrogens with one attached hydrogen (secondary N) is 1. The van der Waals surface area contributed by atoms with E-state index in [1.807, 2.05) is 0 Å². The Morgan fingerprint density at radius 3 is 2.76 bits per heavy atom. The average molecular weight is 237 g/mol. The Hall–Kier alpha value is -1.36. The van der Waals surface area contributed by atoms with Crippen LogP contribution in [0.25, 0.3) is 0 Å². The number of carbonyl (C=O) groups is 1. The highest BCUT2D eigenvalue weighted by Crippen LogP contribution is 2.23. The fourth-order valence-corrected chi connectivity index (χ4v) is 2.35. The molecule has 0 spiro atoms. The van der Waals surface area contributed by atoms with Crippen molar-refractivity contribution in [2.24, 2.45) is 13.0 Å². The third-order valence-corrected chi connectivity index (χ3v) is 3.49. The van der Waals surface area contributed by atoms with Gasteiger partial charge >= 0.3 is 0 Å². The normalized spacial score (nSPS) is 24.6. The third-order valence-electron chi connectivity index (χ3n) is 3.49. The first-order valence-corrected chi connectivity index (χ1v) is 6.10. The van der Waals surface area contributed by atoms with E-state index in [1.54, 1.807) is 24.0 Å². The lowest BCUT2D eigenvalue weighted by molar-refractivity contribution is 0.0904. The van der Waals surface area contributed by atoms with E-state index in [4.69, 9.17) is 5.11 Å². The minimum Gasteiger partial charge on any atom is -0.396 e. The van der Waals surface area contributed by atoms with Crippen molar-refractivity contribution < 1.29 is 9.90 Å². The lowest BCUT2D eigenvalue weighted by atomic mass is 9.86. The zero-order valence-corrected chi connectivity index (χ0v) is 10.1. The number of nitrogens with zero attached hydrogens (tertiary/aromatic N) is 2. The molecule has 0 radical (unpaired) electrons. The number of rotatable bonds is 3. The van der Waals surface area contributed by atoms with E-state index in [0.29, 0.717) is 11.6 Å². The second-order valence-electron chi connectivity index (χ2n) is 4.71. The maximum Gasteiger partial charge on any atom is 0.269 e. The van der Waals surface area contributed by atoms with Crippen molar-refractivity contribution in [3.63, 3.8) is 0 Å². The zero-order valence-electron chi connectivity index (χ0n) is 10.1. The summed E-state index contributed by atoms with van der Waals surface area (Å²) in [5.41, 5.74) is 0.592. The Kier molecular flexibility index (Phi) is 3.78. The molecule has 0 aromatic carbocycles. The van der Waals surface area contributed by atoms with Gasteiger partial charge < -0.3 is 10.4 Å². The van der Waals surface area contributed by atoms with Gasteiger partial charge in [-0.25, -0.2) is 0 Å². The molecule has 5 heteroatoms. The third kappa shape index (κ3) is 2.85. The number of hydrogen-bond donors (Lipinski definition) is 2. The molecule has 1 saturated carbocycles. The zero-order chi connectivity index (χ0) is 12.3. The minimum atomic E-state index is -0.0579. The van der Waals surface area contributed by atoms with E-state index in [2.05, 4.69) is 10.4 Å². The van der Waals surface area contributed by atoms with Gasteiger partial charge in [0, 0.05) is 25.9 Å². The molecule has 1 heterocycles. The molecular formula is C12H19N3O2. The fraction of sp³-hybridized carbons (Fsp3) is 0.667. The number of amides is 1. The summed E-state index contributed by atoms with van der Waals surface area (Å²) in [5.74, 6) is 0.359. The van der Waals surface area contributed by atoms with Gasteiger partial charge in [-0.05, 0) is 37.7 Å². The van der Waals surface area contributed by atoms with Crippen LogP contribution in [-0.4, -0.2) is 33.4 Å². The van der Waals surface area contributed by atoms with Crippen LogP contribution in [0.3, 0.4) is 0 Å². The molecule has 0 atom stereocenters. The predicted octanol–water partition coefficient (Wildman–Crippen LogP) is 0.701. The summed E-state index contributed by atoms with van der Waals surface area (Å²) >= 11 is 0. The maximum atomic E-state index is 11.9. The smallest absolute Gasteiger partial charge is 0.269 e. The van der Waals surface area contributed by atoms with Crippen molar-refractivity contribution in [1.82, 2.24) is 15.1 Å². The molecule has 0 aliphatic heterocycles. The summed E-state index contributed by atoms with van der Waals surface area (Å²) in [7, 11) is 1.76. The summed E-state index contributed by atoms with van der Waals surface area (Å²) in [6.07, 6.45) is 5.51. The van der Waals surface area contributed by atoms with Gasteiger partial charge in [0.1, 0.15) is 5.69 Å². The molecule has 2 rings (SSSR count). The Bertz CT molecular complexity index is 381. The Morgan fingerprint density at radius 2 is 2.24 bits per heavy atom. The van der Waals surface area contributed by atoms with E-state index >= 15 is 0 Å². The number of aliphatic hydroxyl groups excluding tert-OH is 1. The van der Waals surface area contributed by atoms with Gasteiger partial charge in [0.2, 0.25) is 0 Å². The Labute approximate surface area is 101 Å². The summed E-state index contributed by atoms with van der Waals surface area (Å²) in [4.78, 5) is 11.9. The van der Waals surface area contributed by atoms with E-state index in [-0.39, 0.29) is 18.6 Å². The molecule has 1 aromatic heterocycles. The molecule has 0 bridgehead atoms. The second-order valence-corrected chi connectivity index (χ2v) is 4.71. The molecule has 1 fully saturated rings. The van der Waals surface area contributed by atoms with Crippen LogP contribution >= 0.6 is 0 Å². The summed E-state index contributed by atoms with van der Waals surface area (Å²) in [6.45, 7) is 0.266. The van der Waals surface area contributed by atoms with Crippen molar-refractivity contribution in [2.45, 2.75) is 31.7 Å². The van der Waals surface area contributed by atoms with Gasteiger partial charge in [-0.3, -0.25) is 9.48 Å². The molecule has 94 valence electrons. The molecule has 1 aromatic rings. The highest BCUT2D eigenvalue weighted by atomic mass is 16.3. The first-order chi connectivity index (χ1) is 8.20. The van der Waals surface area contributed by atoms with E-state index in [1.165, 1.54) is 0 Å². The highest BCUT2D eigenvalue weighted by Gasteiger charge is 2.22. The van der Waals surface area contributed by atoms with Crippen LogP contribution in [0.4, 0.5) is 0 Å². The van der Waals surface area contributed by atoms with Crippen LogP contribution in [0, 0.1) is 5.92 Å². The molecule has 5 nitrogen and oxygen atoms in total. The van der Waals surface area contributed by atoms with Crippen molar-refractivity contribution >= 4 is 5.91 Å². The summed E-state index contributed by atoms with van der Waals surface area (Å²) < 4.78 is 1.58. The Morgan fingerprint density at radius 1 is 1.53 bits per heavy atom. The lowest BCUT2D eigenvalue weighted by Crippen LogP contribution is -2.38. The van der Waals surface area contributed by atoms with Crippen molar-refractivity contribution in [1.29, 1.82) is 0 Å². The molecule has 1 aliphatic carbocycles. The van der Waals surface area contributed by atoms with Crippen LogP contribution in [0.2, 0.25) is 0 Å². The van der Waals surface area contributed by atoms with Gasteiger partial charge in [-0.15, -0.1) is 0 Å². The molecule has 0 unspecified atom stereocenters. The first kappa shape index (κ1) is 12.1.